The Kier molecular flexibility index (Phi) is 5.58. The van der Waals surface area contributed by atoms with Crippen LogP contribution in [0.4, 0.5) is 5.82 Å². The molecule has 1 aromatic carbocycles. The summed E-state index contributed by atoms with van der Waals surface area (Å²) in [7, 11) is -3.61. The Morgan fingerprint density at radius 3 is 2.41 bits per heavy atom. The van der Waals surface area contributed by atoms with Gasteiger partial charge in [0.25, 0.3) is 10.0 Å². The van der Waals surface area contributed by atoms with Crippen molar-refractivity contribution >= 4 is 31.8 Å². The van der Waals surface area contributed by atoms with Gasteiger partial charge in [0.2, 0.25) is 0 Å². The lowest BCUT2D eigenvalue weighted by molar-refractivity contribution is 0.601. The molecule has 0 saturated carbocycles. The van der Waals surface area contributed by atoms with E-state index in [9.17, 15) is 8.42 Å². The number of sulfonamides is 1. The van der Waals surface area contributed by atoms with Gasteiger partial charge < -0.3 is 0 Å². The summed E-state index contributed by atoms with van der Waals surface area (Å²) in [5.74, 6) is 0.316. The van der Waals surface area contributed by atoms with Crippen molar-refractivity contribution in [1.29, 1.82) is 0 Å². The van der Waals surface area contributed by atoms with E-state index in [1.165, 1.54) is 0 Å². The van der Waals surface area contributed by atoms with E-state index in [1.807, 2.05) is 19.1 Å². The Morgan fingerprint density at radius 2 is 1.82 bits per heavy atom. The van der Waals surface area contributed by atoms with E-state index in [4.69, 9.17) is 0 Å². The van der Waals surface area contributed by atoms with Crippen LogP contribution in [-0.4, -0.2) is 13.4 Å². The van der Waals surface area contributed by atoms with Crippen LogP contribution in [0, 0.1) is 6.92 Å². The van der Waals surface area contributed by atoms with Gasteiger partial charge in [-0.25, -0.2) is 13.4 Å². The van der Waals surface area contributed by atoms with Gasteiger partial charge in [0.1, 0.15) is 5.82 Å². The van der Waals surface area contributed by atoms with Crippen LogP contribution in [-0.2, 0) is 16.4 Å². The van der Waals surface area contributed by atoms with E-state index >= 15 is 0 Å². The van der Waals surface area contributed by atoms with Crippen LogP contribution >= 0.6 is 15.9 Å². The molecule has 6 heteroatoms. The molecule has 1 heterocycles. The summed E-state index contributed by atoms with van der Waals surface area (Å²) in [6.07, 6.45) is 3.19. The highest BCUT2D eigenvalue weighted by molar-refractivity contribution is 9.10. The summed E-state index contributed by atoms with van der Waals surface area (Å²) in [6.45, 7) is 3.94. The van der Waals surface area contributed by atoms with Gasteiger partial charge in [0.15, 0.2) is 0 Å². The number of anilines is 1. The SMILES string of the molecule is CCCCc1ccc(S(=O)(=O)Nc2ccc(Br)c(C)n2)cc1. The first kappa shape index (κ1) is 17.0. The molecular weight excluding hydrogens is 364 g/mol. The van der Waals surface area contributed by atoms with Crippen LogP contribution in [0.2, 0.25) is 0 Å². The molecule has 0 aliphatic heterocycles. The Balaban J connectivity index is 2.17. The standard InChI is InChI=1S/C16H19BrN2O2S/c1-3-4-5-13-6-8-14(9-7-13)22(20,21)19-16-11-10-15(17)12(2)18-16/h6-11H,3-5H2,1-2H3,(H,18,19). The lowest BCUT2D eigenvalue weighted by atomic mass is 10.1. The monoisotopic (exact) mass is 382 g/mol. The van der Waals surface area contributed by atoms with Gasteiger partial charge in [-0.2, -0.15) is 0 Å². The molecule has 1 aromatic heterocycles. The highest BCUT2D eigenvalue weighted by Gasteiger charge is 2.15. The Hall–Kier alpha value is -1.40. The number of hydrogen-bond donors (Lipinski definition) is 1. The normalized spacial score (nSPS) is 11.4. The molecule has 22 heavy (non-hydrogen) atoms. The van der Waals surface area contributed by atoms with Crippen molar-refractivity contribution in [2.24, 2.45) is 0 Å². The van der Waals surface area contributed by atoms with Crippen molar-refractivity contribution in [2.45, 2.75) is 38.0 Å². The van der Waals surface area contributed by atoms with E-state index in [2.05, 4.69) is 32.6 Å². The first-order valence-corrected chi connectivity index (χ1v) is 9.45. The lowest BCUT2D eigenvalue weighted by Gasteiger charge is -2.09. The molecule has 0 radical (unpaired) electrons. The largest absolute Gasteiger partial charge is 0.263 e. The molecule has 0 aliphatic carbocycles. The van der Waals surface area contributed by atoms with E-state index in [1.54, 1.807) is 24.3 Å². The predicted molar refractivity (Wildman–Crippen MR) is 92.5 cm³/mol. The van der Waals surface area contributed by atoms with Crippen molar-refractivity contribution in [3.8, 4) is 0 Å². The number of benzene rings is 1. The predicted octanol–water partition coefficient (Wildman–Crippen LogP) is 4.30. The van der Waals surface area contributed by atoms with Crippen LogP contribution in [0.25, 0.3) is 0 Å². The fourth-order valence-corrected chi connectivity index (χ4v) is 3.24. The Morgan fingerprint density at radius 1 is 1.14 bits per heavy atom. The molecule has 0 fully saturated rings. The van der Waals surface area contributed by atoms with Crippen LogP contribution < -0.4 is 4.72 Å². The maximum Gasteiger partial charge on any atom is 0.263 e. The number of halogens is 1. The van der Waals surface area contributed by atoms with Gasteiger partial charge in [0, 0.05) is 4.47 Å². The molecular formula is C16H19BrN2O2S. The van der Waals surface area contributed by atoms with Crippen molar-refractivity contribution in [1.82, 2.24) is 4.98 Å². The number of aryl methyl sites for hydroxylation is 2. The average molecular weight is 383 g/mol. The molecule has 4 nitrogen and oxygen atoms in total. The number of nitrogens with one attached hydrogen (secondary N) is 1. The molecule has 0 atom stereocenters. The zero-order valence-electron chi connectivity index (χ0n) is 12.6. The third-order valence-electron chi connectivity index (χ3n) is 3.31. The van der Waals surface area contributed by atoms with E-state index < -0.39 is 10.0 Å². The maximum absolute atomic E-state index is 12.4. The minimum Gasteiger partial charge on any atom is -0.263 e. The molecule has 1 N–H and O–H groups in total. The summed E-state index contributed by atoms with van der Waals surface area (Å²) in [5.41, 5.74) is 1.88. The molecule has 0 saturated heterocycles. The Bertz CT molecular complexity index is 743. The summed E-state index contributed by atoms with van der Waals surface area (Å²) in [6, 6.07) is 10.4. The summed E-state index contributed by atoms with van der Waals surface area (Å²) >= 11 is 3.34. The molecule has 0 unspecified atom stereocenters. The van der Waals surface area contributed by atoms with Crippen LogP contribution in [0.3, 0.4) is 0 Å². The zero-order chi connectivity index (χ0) is 16.2. The zero-order valence-corrected chi connectivity index (χ0v) is 15.0. The van der Waals surface area contributed by atoms with Gasteiger partial charge in [-0.3, -0.25) is 4.72 Å². The molecule has 0 bridgehead atoms. The third kappa shape index (κ3) is 4.30. The van der Waals surface area contributed by atoms with Crippen LogP contribution in [0.15, 0.2) is 45.8 Å². The first-order chi connectivity index (χ1) is 10.4. The number of aromatic nitrogens is 1. The summed E-state index contributed by atoms with van der Waals surface area (Å²) in [5, 5.41) is 0. The highest BCUT2D eigenvalue weighted by atomic mass is 79.9. The fourth-order valence-electron chi connectivity index (χ4n) is 2.01. The minimum atomic E-state index is -3.61. The summed E-state index contributed by atoms with van der Waals surface area (Å²) in [4.78, 5) is 4.45. The van der Waals surface area contributed by atoms with Crippen molar-refractivity contribution in [3.63, 3.8) is 0 Å². The van der Waals surface area contributed by atoms with Gasteiger partial charge in [-0.05, 0) is 65.5 Å². The maximum atomic E-state index is 12.4. The summed E-state index contributed by atoms with van der Waals surface area (Å²) < 4.78 is 28.1. The van der Waals surface area contributed by atoms with Gasteiger partial charge in [0.05, 0.1) is 10.6 Å². The average Bonchev–Trinajstić information content (AvgIpc) is 2.49. The second kappa shape index (κ2) is 7.24. The minimum absolute atomic E-state index is 0.245. The number of hydrogen-bond acceptors (Lipinski definition) is 3. The third-order valence-corrected chi connectivity index (χ3v) is 5.52. The van der Waals surface area contributed by atoms with Crippen molar-refractivity contribution < 1.29 is 8.42 Å². The molecule has 0 spiro atoms. The quantitative estimate of drug-likeness (QED) is 0.809. The first-order valence-electron chi connectivity index (χ1n) is 7.17. The highest BCUT2D eigenvalue weighted by Crippen LogP contribution is 2.19. The molecule has 118 valence electrons. The molecule has 2 aromatic rings. The number of rotatable bonds is 6. The topological polar surface area (TPSA) is 59.1 Å². The van der Waals surface area contributed by atoms with Crippen LogP contribution in [0.1, 0.15) is 31.0 Å². The Labute approximate surface area is 140 Å². The molecule has 2 rings (SSSR count). The van der Waals surface area contributed by atoms with Crippen molar-refractivity contribution in [2.75, 3.05) is 4.72 Å². The number of pyridine rings is 1. The second-order valence-electron chi connectivity index (χ2n) is 5.12. The van der Waals surface area contributed by atoms with Crippen molar-refractivity contribution in [3.05, 3.63) is 52.1 Å². The van der Waals surface area contributed by atoms with Crippen LogP contribution in [0.5, 0.6) is 0 Å². The van der Waals surface area contributed by atoms with E-state index in [0.717, 1.165) is 35.0 Å². The van der Waals surface area contributed by atoms with E-state index in [-0.39, 0.29) is 4.90 Å². The van der Waals surface area contributed by atoms with E-state index in [0.29, 0.717) is 5.82 Å². The second-order valence-corrected chi connectivity index (χ2v) is 7.65. The molecule has 0 aliphatic rings. The number of nitrogens with zero attached hydrogens (tertiary/aromatic N) is 1. The fraction of sp³-hybridized carbons (Fsp3) is 0.312. The molecule has 0 amide bonds. The van der Waals surface area contributed by atoms with Gasteiger partial charge in [-0.15, -0.1) is 0 Å². The number of unbranched alkanes of at least 4 members (excludes halogenated alkanes) is 1. The smallest absolute Gasteiger partial charge is 0.263 e. The van der Waals surface area contributed by atoms with Gasteiger partial charge >= 0.3 is 0 Å². The van der Waals surface area contributed by atoms with Gasteiger partial charge in [-0.1, -0.05) is 25.5 Å². The lowest BCUT2D eigenvalue weighted by Crippen LogP contribution is -2.14.